The quantitative estimate of drug-likeness (QED) is 0.0257. The van der Waals surface area contributed by atoms with Crippen LogP contribution in [0.15, 0.2) is 105 Å². The number of hydrogen-bond donors (Lipinski definition) is 7. The molecule has 310 valence electrons. The minimum Gasteiger partial charge on any atom is -0.744 e. The summed E-state index contributed by atoms with van der Waals surface area (Å²) in [6.07, 6.45) is 5.90. The summed E-state index contributed by atoms with van der Waals surface area (Å²) in [5.74, 6) is -2.78. The number of amides is 2. The van der Waals surface area contributed by atoms with Crippen molar-refractivity contribution in [1.82, 2.24) is 10.6 Å². The number of benzene rings is 5. The molecule has 2 aliphatic rings. The average Bonchev–Trinajstić information content (AvgIpc) is 3.18. The van der Waals surface area contributed by atoms with Crippen molar-refractivity contribution in [3.8, 4) is 28.2 Å². The fourth-order valence-corrected chi connectivity index (χ4v) is 8.11. The van der Waals surface area contributed by atoms with Gasteiger partial charge in [-0.15, -0.1) is 0 Å². The summed E-state index contributed by atoms with van der Waals surface area (Å²) in [6, 6.07) is 22.7. The number of nitrogens with two attached hydrogens (primary N) is 2. The Bertz CT molecular complexity index is 2930. The Hall–Kier alpha value is -6.86. The van der Waals surface area contributed by atoms with Crippen LogP contribution >= 0.6 is 0 Å². The minimum atomic E-state index is -5.38. The number of carboxylic acids is 1. The zero-order valence-electron chi connectivity index (χ0n) is 31.5. The van der Waals surface area contributed by atoms with Crippen LogP contribution in [0.25, 0.3) is 45.6 Å². The van der Waals surface area contributed by atoms with Crippen molar-refractivity contribution < 1.29 is 60.4 Å². The van der Waals surface area contributed by atoms with E-state index in [-0.39, 0.29) is 52.3 Å². The number of fused-ring (bicyclic) bond motifs is 2. The Morgan fingerprint density at radius 3 is 2.02 bits per heavy atom. The Kier molecular flexibility index (Phi) is 12.5. The summed E-state index contributed by atoms with van der Waals surface area (Å²) in [4.78, 5) is 36.3. The standard InChI is InChI=1S/C42H38N4O12S2/c43-33-18-16-30-36(31-17-19-34(44)40(60(55,56)57)38(31)58-37(30)39(33)59(52,53)54)29-15-12-27(23-32(29)42(50)51)41(49)46-21-3-1-2-20-45-35(48)22-26-8-6-24(7-9-26)4-5-25-10-13-28(47)14-11-25/h4-19,23,43,47H,1-3,20-22,44H2,(H,45,48)(H,46,49)(H,50,51)(H,52,53,54)(H,55,56,57)/b5-4+,43-33?. The van der Waals surface area contributed by atoms with Crippen LogP contribution in [0.5, 0.6) is 5.75 Å². The number of anilines is 1. The SMILES string of the molecule is Nc1ccc2c(-c3ccc(C(=O)NCCCCCNC(=O)Cc4ccc(/C=C/c5ccc(O)cc5)cc4)cc3C(=O)O)c3ccc(=[NH2+])c(S(=O)(=O)[O-])c-3oc2c1S(=O)(=O)O. The van der Waals surface area contributed by atoms with E-state index in [1.54, 1.807) is 24.3 Å². The second-order valence-electron chi connectivity index (χ2n) is 13.7. The van der Waals surface area contributed by atoms with E-state index in [2.05, 4.69) is 10.6 Å². The molecule has 0 aromatic heterocycles. The highest BCUT2D eigenvalue weighted by atomic mass is 32.2. The maximum absolute atomic E-state index is 13.2. The molecular weight excluding hydrogens is 817 g/mol. The number of phenolic OH excluding ortho intramolecular Hbond substituents is 1. The van der Waals surface area contributed by atoms with Crippen molar-refractivity contribution in [2.75, 3.05) is 18.8 Å². The molecule has 6 rings (SSSR count). The number of aromatic carboxylic acids is 1. The van der Waals surface area contributed by atoms with E-state index >= 15 is 0 Å². The zero-order valence-corrected chi connectivity index (χ0v) is 33.2. The molecule has 0 atom stereocenters. The molecule has 0 saturated carbocycles. The van der Waals surface area contributed by atoms with Gasteiger partial charge in [0.05, 0.1) is 17.7 Å². The van der Waals surface area contributed by atoms with Crippen LogP contribution in [0, 0.1) is 0 Å². The van der Waals surface area contributed by atoms with E-state index < -0.39 is 69.9 Å². The average molecular weight is 855 g/mol. The van der Waals surface area contributed by atoms with Gasteiger partial charge in [0.2, 0.25) is 11.3 Å². The van der Waals surface area contributed by atoms with E-state index in [4.69, 9.17) is 15.6 Å². The van der Waals surface area contributed by atoms with Gasteiger partial charge < -0.3 is 35.6 Å². The number of carbonyl (C=O) groups is 3. The first-order valence-corrected chi connectivity index (χ1v) is 21.1. The summed E-state index contributed by atoms with van der Waals surface area (Å²) in [6.45, 7) is 0.653. The Morgan fingerprint density at radius 1 is 0.783 bits per heavy atom. The molecule has 0 unspecified atom stereocenters. The van der Waals surface area contributed by atoms with E-state index in [0.29, 0.717) is 25.8 Å². The minimum absolute atomic E-state index is 0.0472. The van der Waals surface area contributed by atoms with Gasteiger partial charge in [0.15, 0.2) is 21.1 Å². The highest BCUT2D eigenvalue weighted by Gasteiger charge is 2.31. The van der Waals surface area contributed by atoms with Gasteiger partial charge in [-0.2, -0.15) is 8.42 Å². The Labute approximate surface area is 343 Å². The molecule has 18 heteroatoms. The van der Waals surface area contributed by atoms with Crippen LogP contribution in [0.1, 0.15) is 56.7 Å². The maximum atomic E-state index is 13.2. The maximum Gasteiger partial charge on any atom is 0.336 e. The fourth-order valence-electron chi connectivity index (χ4n) is 6.62. The van der Waals surface area contributed by atoms with Crippen LogP contribution < -0.4 is 27.1 Å². The molecule has 0 radical (unpaired) electrons. The number of nitrogens with one attached hydrogen (secondary N) is 2. The molecule has 60 heavy (non-hydrogen) atoms. The predicted molar refractivity (Wildman–Crippen MR) is 219 cm³/mol. The summed E-state index contributed by atoms with van der Waals surface area (Å²) in [5, 5.41) is 30.5. The molecule has 4 aromatic carbocycles. The van der Waals surface area contributed by atoms with Gasteiger partial charge in [0, 0.05) is 41.2 Å². The summed E-state index contributed by atoms with van der Waals surface area (Å²) in [5.41, 5.74) is 6.51. The number of carboxylic acid groups (broad SMARTS) is 1. The predicted octanol–water partition coefficient (Wildman–Crippen LogP) is 3.43. The Morgan fingerprint density at radius 2 is 1.40 bits per heavy atom. The lowest BCUT2D eigenvalue weighted by molar-refractivity contribution is -0.176. The normalized spacial score (nSPS) is 11.9. The number of hydrogen-bond acceptors (Lipinski definition) is 11. The topological polar surface area (TPSA) is 292 Å². The molecule has 16 nitrogen and oxygen atoms in total. The van der Waals surface area contributed by atoms with Gasteiger partial charge in [0.25, 0.3) is 16.0 Å². The van der Waals surface area contributed by atoms with Gasteiger partial charge in [-0.05, 0) is 84.0 Å². The second kappa shape index (κ2) is 17.6. The van der Waals surface area contributed by atoms with Crippen molar-refractivity contribution in [3.63, 3.8) is 0 Å². The molecule has 1 aliphatic heterocycles. The molecule has 1 aliphatic carbocycles. The lowest BCUT2D eigenvalue weighted by Gasteiger charge is -2.20. The van der Waals surface area contributed by atoms with Gasteiger partial charge >= 0.3 is 5.97 Å². The van der Waals surface area contributed by atoms with E-state index in [9.17, 15) is 50.5 Å². The number of rotatable bonds is 15. The monoisotopic (exact) mass is 854 g/mol. The summed E-state index contributed by atoms with van der Waals surface area (Å²) < 4.78 is 77.7. The second-order valence-corrected chi connectivity index (χ2v) is 16.4. The third-order valence-corrected chi connectivity index (χ3v) is 11.3. The first-order chi connectivity index (χ1) is 28.4. The largest absolute Gasteiger partial charge is 0.744 e. The molecule has 0 saturated heterocycles. The molecule has 9 N–H and O–H groups in total. The van der Waals surface area contributed by atoms with E-state index in [1.165, 1.54) is 24.3 Å². The highest BCUT2D eigenvalue weighted by molar-refractivity contribution is 7.86. The summed E-state index contributed by atoms with van der Waals surface area (Å²) in [7, 11) is -10.5. The number of phenols is 1. The first-order valence-electron chi connectivity index (χ1n) is 18.2. The molecule has 2 amide bonds. The summed E-state index contributed by atoms with van der Waals surface area (Å²) >= 11 is 0. The van der Waals surface area contributed by atoms with Gasteiger partial charge in [-0.25, -0.2) is 13.2 Å². The number of aromatic hydroxyl groups is 1. The molecular formula is C42H38N4O12S2. The van der Waals surface area contributed by atoms with Crippen LogP contribution in [-0.2, 0) is 31.5 Å². The molecule has 0 bridgehead atoms. The Balaban J connectivity index is 1.10. The van der Waals surface area contributed by atoms with Gasteiger partial charge in [-0.1, -0.05) is 54.6 Å². The number of unbranched alkanes of at least 4 members (excludes halogenated alkanes) is 2. The van der Waals surface area contributed by atoms with Crippen LogP contribution in [0.3, 0.4) is 0 Å². The van der Waals surface area contributed by atoms with Gasteiger partial charge in [-0.3, -0.25) is 19.6 Å². The third kappa shape index (κ3) is 9.70. The van der Waals surface area contributed by atoms with Crippen molar-refractivity contribution in [2.24, 2.45) is 0 Å². The van der Waals surface area contributed by atoms with Crippen LogP contribution in [0.4, 0.5) is 5.69 Å². The lowest BCUT2D eigenvalue weighted by Crippen LogP contribution is -2.47. The van der Waals surface area contributed by atoms with E-state index in [1.807, 2.05) is 36.4 Å². The van der Waals surface area contributed by atoms with Crippen molar-refractivity contribution in [3.05, 3.63) is 124 Å². The number of carbonyl (C=O) groups excluding carboxylic acids is 2. The molecule has 1 heterocycles. The van der Waals surface area contributed by atoms with Crippen LogP contribution in [-0.4, -0.2) is 67.0 Å². The van der Waals surface area contributed by atoms with E-state index in [0.717, 1.165) is 34.9 Å². The molecule has 0 fully saturated rings. The van der Waals surface area contributed by atoms with Crippen molar-refractivity contribution in [1.29, 1.82) is 0 Å². The lowest BCUT2D eigenvalue weighted by atomic mass is 9.89. The van der Waals surface area contributed by atoms with Gasteiger partial charge in [0.1, 0.15) is 15.9 Å². The van der Waals surface area contributed by atoms with Crippen LogP contribution in [0.2, 0.25) is 0 Å². The number of nitrogen functional groups attached to an aromatic ring is 1. The third-order valence-electron chi connectivity index (χ3n) is 9.48. The first kappa shape index (κ1) is 42.7. The molecule has 4 aromatic rings. The van der Waals surface area contributed by atoms with Crippen molar-refractivity contribution >= 4 is 66.8 Å². The highest BCUT2D eigenvalue weighted by Crippen LogP contribution is 2.45. The van der Waals surface area contributed by atoms with Crippen molar-refractivity contribution in [2.45, 2.75) is 35.5 Å². The fraction of sp³-hybridized carbons (Fsp3) is 0.143. The molecule has 0 spiro atoms. The zero-order chi connectivity index (χ0) is 43.4. The smallest absolute Gasteiger partial charge is 0.336 e.